The van der Waals surface area contributed by atoms with Crippen LogP contribution in [-0.2, 0) is 23.9 Å². The maximum atomic E-state index is 13.0. The van der Waals surface area contributed by atoms with Crippen molar-refractivity contribution in [3.8, 4) is 0 Å². The standard InChI is InChI=1S/C24H25NO5/c1-5-29-23(27)20-14-19(16(4)26)15(3)25(22(20)24(28)30-6-2)21-13-9-11-17-10-7-8-12-18(17)21/h7-13H,5-6,14H2,1-4H3. The number of nitrogens with zero attached hydrogens (tertiary/aromatic N) is 1. The molecule has 2 aromatic carbocycles. The lowest BCUT2D eigenvalue weighted by Crippen LogP contribution is -2.36. The van der Waals surface area contributed by atoms with Crippen molar-refractivity contribution in [3.63, 3.8) is 0 Å². The molecular weight excluding hydrogens is 382 g/mol. The van der Waals surface area contributed by atoms with Gasteiger partial charge in [0.15, 0.2) is 5.78 Å². The summed E-state index contributed by atoms with van der Waals surface area (Å²) < 4.78 is 10.5. The number of rotatable bonds is 6. The van der Waals surface area contributed by atoms with Crippen LogP contribution >= 0.6 is 0 Å². The smallest absolute Gasteiger partial charge is 0.355 e. The van der Waals surface area contributed by atoms with Gasteiger partial charge in [-0.3, -0.25) is 4.79 Å². The van der Waals surface area contributed by atoms with Crippen LogP contribution in [0, 0.1) is 0 Å². The molecule has 0 saturated heterocycles. The van der Waals surface area contributed by atoms with E-state index >= 15 is 0 Å². The number of carbonyl (C=O) groups is 3. The molecule has 0 N–H and O–H groups in total. The predicted octanol–water partition coefficient (Wildman–Crippen LogP) is 4.29. The zero-order valence-corrected chi connectivity index (χ0v) is 17.7. The lowest BCUT2D eigenvalue weighted by atomic mass is 9.92. The van der Waals surface area contributed by atoms with Gasteiger partial charge < -0.3 is 14.4 Å². The minimum Gasteiger partial charge on any atom is -0.463 e. The molecule has 0 spiro atoms. The number of esters is 2. The molecule has 156 valence electrons. The number of benzene rings is 2. The van der Waals surface area contributed by atoms with E-state index in [9.17, 15) is 14.4 Å². The summed E-state index contributed by atoms with van der Waals surface area (Å²) in [6.45, 7) is 6.95. The van der Waals surface area contributed by atoms with E-state index in [1.165, 1.54) is 6.92 Å². The number of carbonyl (C=O) groups excluding carboxylic acids is 3. The van der Waals surface area contributed by atoms with Gasteiger partial charge in [0, 0.05) is 23.1 Å². The van der Waals surface area contributed by atoms with Gasteiger partial charge >= 0.3 is 11.9 Å². The van der Waals surface area contributed by atoms with Crippen molar-refractivity contribution in [1.82, 2.24) is 0 Å². The number of ether oxygens (including phenoxy) is 2. The summed E-state index contributed by atoms with van der Waals surface area (Å²) in [6.07, 6.45) is 0.0232. The fourth-order valence-electron chi connectivity index (χ4n) is 3.71. The Bertz CT molecular complexity index is 1070. The molecule has 0 atom stereocenters. The van der Waals surface area contributed by atoms with Gasteiger partial charge in [0.05, 0.1) is 24.5 Å². The molecule has 1 heterocycles. The first-order valence-corrected chi connectivity index (χ1v) is 9.96. The van der Waals surface area contributed by atoms with E-state index in [1.54, 1.807) is 25.7 Å². The van der Waals surface area contributed by atoms with Gasteiger partial charge in [-0.1, -0.05) is 36.4 Å². The van der Waals surface area contributed by atoms with Crippen molar-refractivity contribution in [2.75, 3.05) is 18.1 Å². The first-order valence-electron chi connectivity index (χ1n) is 9.96. The SMILES string of the molecule is CCOC(=O)C1=C(C(=O)OCC)N(c2cccc3ccccc23)C(C)=C(C(C)=O)C1. The molecule has 30 heavy (non-hydrogen) atoms. The van der Waals surface area contributed by atoms with E-state index in [-0.39, 0.29) is 36.7 Å². The van der Waals surface area contributed by atoms with Crippen molar-refractivity contribution >= 4 is 34.2 Å². The van der Waals surface area contributed by atoms with Gasteiger partial charge in [-0.05, 0) is 39.1 Å². The van der Waals surface area contributed by atoms with Crippen LogP contribution in [0.2, 0.25) is 0 Å². The zero-order chi connectivity index (χ0) is 21.8. The van der Waals surface area contributed by atoms with Crippen molar-refractivity contribution in [2.45, 2.75) is 34.1 Å². The minimum atomic E-state index is -0.629. The van der Waals surface area contributed by atoms with Crippen LogP contribution in [0.3, 0.4) is 0 Å². The Morgan fingerprint density at radius 3 is 2.20 bits per heavy atom. The second-order valence-electron chi connectivity index (χ2n) is 6.90. The van der Waals surface area contributed by atoms with Crippen molar-refractivity contribution < 1.29 is 23.9 Å². The van der Waals surface area contributed by atoms with E-state index < -0.39 is 11.9 Å². The van der Waals surface area contributed by atoms with Crippen LogP contribution in [0.4, 0.5) is 5.69 Å². The summed E-state index contributed by atoms with van der Waals surface area (Å²) in [6, 6.07) is 13.4. The normalized spacial score (nSPS) is 14.2. The lowest BCUT2D eigenvalue weighted by molar-refractivity contribution is -0.142. The zero-order valence-electron chi connectivity index (χ0n) is 17.7. The maximum absolute atomic E-state index is 13.0. The van der Waals surface area contributed by atoms with E-state index in [2.05, 4.69) is 0 Å². The molecule has 0 aliphatic carbocycles. The Hall–Kier alpha value is -3.41. The second-order valence-corrected chi connectivity index (χ2v) is 6.90. The number of allylic oxidation sites excluding steroid dienone is 2. The first-order chi connectivity index (χ1) is 14.4. The molecule has 6 nitrogen and oxygen atoms in total. The predicted molar refractivity (Wildman–Crippen MR) is 115 cm³/mol. The Labute approximate surface area is 175 Å². The van der Waals surface area contributed by atoms with Crippen molar-refractivity contribution in [1.29, 1.82) is 0 Å². The largest absolute Gasteiger partial charge is 0.463 e. The number of hydrogen-bond donors (Lipinski definition) is 0. The van der Waals surface area contributed by atoms with Gasteiger partial charge in [-0.25, -0.2) is 9.59 Å². The third-order valence-corrected chi connectivity index (χ3v) is 5.06. The van der Waals surface area contributed by atoms with E-state index in [0.29, 0.717) is 17.0 Å². The van der Waals surface area contributed by atoms with Crippen LogP contribution in [0.25, 0.3) is 10.8 Å². The molecule has 3 rings (SSSR count). The van der Waals surface area contributed by atoms with E-state index in [1.807, 2.05) is 42.5 Å². The van der Waals surface area contributed by atoms with Crippen LogP contribution in [0.1, 0.15) is 34.1 Å². The second kappa shape index (κ2) is 8.95. The Morgan fingerprint density at radius 1 is 0.900 bits per heavy atom. The lowest BCUT2D eigenvalue weighted by Gasteiger charge is -2.34. The summed E-state index contributed by atoms with van der Waals surface area (Å²) in [5, 5.41) is 1.85. The average molecular weight is 407 g/mol. The van der Waals surface area contributed by atoms with Gasteiger partial charge in [0.25, 0.3) is 0 Å². The summed E-state index contributed by atoms with van der Waals surface area (Å²) in [5.74, 6) is -1.42. The molecule has 6 heteroatoms. The number of fused-ring (bicyclic) bond motifs is 1. The molecule has 1 aliphatic heterocycles. The summed E-state index contributed by atoms with van der Waals surface area (Å²) in [5.41, 5.74) is 1.95. The Balaban J connectivity index is 2.34. The maximum Gasteiger partial charge on any atom is 0.355 e. The fraction of sp³-hybridized carbons (Fsp3) is 0.292. The summed E-state index contributed by atoms with van der Waals surface area (Å²) >= 11 is 0. The quantitative estimate of drug-likeness (QED) is 0.665. The molecule has 2 aromatic rings. The van der Waals surface area contributed by atoms with Gasteiger partial charge in [-0.2, -0.15) is 0 Å². The van der Waals surface area contributed by atoms with Gasteiger partial charge in [0.2, 0.25) is 0 Å². The molecule has 0 bridgehead atoms. The Morgan fingerprint density at radius 2 is 1.53 bits per heavy atom. The van der Waals surface area contributed by atoms with Gasteiger partial charge in [0.1, 0.15) is 5.70 Å². The highest BCUT2D eigenvalue weighted by Gasteiger charge is 2.37. The number of Topliss-reactive ketones (excluding diaryl/α,β-unsaturated/α-hetero) is 1. The number of hydrogen-bond acceptors (Lipinski definition) is 6. The third-order valence-electron chi connectivity index (χ3n) is 5.06. The summed E-state index contributed by atoms with van der Waals surface area (Å²) in [7, 11) is 0. The fourth-order valence-corrected chi connectivity index (χ4v) is 3.71. The first kappa shape index (κ1) is 21.3. The molecular formula is C24H25NO5. The highest BCUT2D eigenvalue weighted by Crippen LogP contribution is 2.39. The molecule has 1 aliphatic rings. The highest BCUT2D eigenvalue weighted by molar-refractivity contribution is 6.10. The number of ketones is 1. The molecule has 0 amide bonds. The topological polar surface area (TPSA) is 72.9 Å². The molecule has 0 aromatic heterocycles. The van der Waals surface area contributed by atoms with Crippen molar-refractivity contribution in [3.05, 3.63) is 65.0 Å². The molecule has 0 saturated carbocycles. The third kappa shape index (κ3) is 3.85. The van der Waals surface area contributed by atoms with Crippen LogP contribution in [0.5, 0.6) is 0 Å². The monoisotopic (exact) mass is 407 g/mol. The highest BCUT2D eigenvalue weighted by atomic mass is 16.5. The average Bonchev–Trinajstić information content (AvgIpc) is 2.73. The van der Waals surface area contributed by atoms with Crippen LogP contribution in [0.15, 0.2) is 65.0 Å². The van der Waals surface area contributed by atoms with Crippen LogP contribution < -0.4 is 4.90 Å². The minimum absolute atomic E-state index is 0.0232. The van der Waals surface area contributed by atoms with E-state index in [4.69, 9.17) is 9.47 Å². The van der Waals surface area contributed by atoms with Gasteiger partial charge in [-0.15, -0.1) is 0 Å². The Kier molecular flexibility index (Phi) is 6.35. The molecule has 0 radical (unpaired) electrons. The van der Waals surface area contributed by atoms with Crippen molar-refractivity contribution in [2.24, 2.45) is 0 Å². The van der Waals surface area contributed by atoms with Crippen LogP contribution in [-0.4, -0.2) is 30.9 Å². The number of anilines is 1. The molecule has 0 fully saturated rings. The molecule has 0 unspecified atom stereocenters. The summed E-state index contributed by atoms with van der Waals surface area (Å²) in [4.78, 5) is 39.9. The van der Waals surface area contributed by atoms with E-state index in [0.717, 1.165) is 10.8 Å².